The lowest BCUT2D eigenvalue weighted by Gasteiger charge is -2.40. The van der Waals surface area contributed by atoms with Gasteiger partial charge in [0.1, 0.15) is 11.5 Å². The van der Waals surface area contributed by atoms with Crippen molar-refractivity contribution in [3.63, 3.8) is 0 Å². The van der Waals surface area contributed by atoms with E-state index in [9.17, 15) is 13.2 Å². The lowest BCUT2D eigenvalue weighted by molar-refractivity contribution is -0.0262. The third-order valence-corrected chi connectivity index (χ3v) is 5.46. The molecule has 2 aliphatic rings. The predicted octanol–water partition coefficient (Wildman–Crippen LogP) is 3.91. The van der Waals surface area contributed by atoms with Gasteiger partial charge in [-0.25, -0.2) is 22.8 Å². The van der Waals surface area contributed by atoms with Crippen molar-refractivity contribution in [3.8, 4) is 5.69 Å². The van der Waals surface area contributed by atoms with E-state index in [0.29, 0.717) is 17.3 Å². The summed E-state index contributed by atoms with van der Waals surface area (Å²) in [4.78, 5) is 5.95. The number of halogens is 3. The van der Waals surface area contributed by atoms with E-state index in [1.54, 1.807) is 12.3 Å². The topological polar surface area (TPSA) is 43.2 Å². The Hall–Kier alpha value is -2.61. The first-order valence-corrected chi connectivity index (χ1v) is 9.34. The minimum atomic E-state index is -2.68. The zero-order valence-electron chi connectivity index (χ0n) is 15.1. The Balaban J connectivity index is 1.47. The Morgan fingerprint density at radius 3 is 2.64 bits per heavy atom. The van der Waals surface area contributed by atoms with Gasteiger partial charge in [0, 0.05) is 36.7 Å². The van der Waals surface area contributed by atoms with Crippen LogP contribution in [0.4, 0.5) is 18.9 Å². The summed E-state index contributed by atoms with van der Waals surface area (Å²) in [5.41, 5.74) is 2.43. The highest BCUT2D eigenvalue weighted by atomic mass is 19.3. The standard InChI is InChI=1S/C20H19F3N4O/c21-17-2-1-16(26-11-20(22,23)12-26)8-18(17)27-10-15-7-14(9-24-19(15)25-27)13-3-5-28-6-4-13/h1-2,7-10,13H,3-6,11-12H2. The average Bonchev–Trinajstić information content (AvgIpc) is 3.10. The van der Waals surface area contributed by atoms with Crippen LogP contribution in [0.1, 0.15) is 24.3 Å². The molecular formula is C20H19F3N4O. The summed E-state index contributed by atoms with van der Waals surface area (Å²) in [5.74, 6) is -2.74. The van der Waals surface area contributed by atoms with Gasteiger partial charge in [-0.1, -0.05) is 0 Å². The smallest absolute Gasteiger partial charge is 0.282 e. The molecular weight excluding hydrogens is 369 g/mol. The SMILES string of the molecule is Fc1ccc(N2CC(F)(F)C2)cc1-n1cc2cc(C3CCOCC3)cnc2n1. The van der Waals surface area contributed by atoms with Gasteiger partial charge in [0.15, 0.2) is 5.65 Å². The van der Waals surface area contributed by atoms with E-state index in [4.69, 9.17) is 4.74 Å². The normalized spacial score (nSPS) is 19.8. The van der Waals surface area contributed by atoms with E-state index < -0.39 is 11.7 Å². The minimum absolute atomic E-state index is 0.221. The van der Waals surface area contributed by atoms with Crippen molar-refractivity contribution >= 4 is 16.7 Å². The number of benzene rings is 1. The fourth-order valence-corrected chi connectivity index (χ4v) is 3.88. The van der Waals surface area contributed by atoms with Gasteiger partial charge in [0.2, 0.25) is 0 Å². The van der Waals surface area contributed by atoms with Gasteiger partial charge in [-0.05, 0) is 48.6 Å². The monoisotopic (exact) mass is 388 g/mol. The maximum Gasteiger partial charge on any atom is 0.282 e. The van der Waals surface area contributed by atoms with Gasteiger partial charge in [0.05, 0.1) is 13.1 Å². The highest BCUT2D eigenvalue weighted by Crippen LogP contribution is 2.33. The number of anilines is 1. The van der Waals surface area contributed by atoms with E-state index in [0.717, 1.165) is 37.0 Å². The van der Waals surface area contributed by atoms with Crippen LogP contribution in [0.3, 0.4) is 0 Å². The number of hydrogen-bond donors (Lipinski definition) is 0. The van der Waals surface area contributed by atoms with Crippen LogP contribution in [0, 0.1) is 5.82 Å². The van der Waals surface area contributed by atoms with Crippen LogP contribution in [0.2, 0.25) is 0 Å². The number of alkyl halides is 2. The first-order chi connectivity index (χ1) is 13.5. The summed E-state index contributed by atoms with van der Waals surface area (Å²) in [6, 6.07) is 6.39. The molecule has 5 nitrogen and oxygen atoms in total. The van der Waals surface area contributed by atoms with Crippen LogP contribution in [0.25, 0.3) is 16.7 Å². The number of nitrogens with zero attached hydrogens (tertiary/aromatic N) is 4. The van der Waals surface area contributed by atoms with E-state index in [1.165, 1.54) is 21.7 Å². The van der Waals surface area contributed by atoms with Crippen molar-refractivity contribution in [3.05, 3.63) is 48.0 Å². The zero-order chi connectivity index (χ0) is 19.3. The highest BCUT2D eigenvalue weighted by molar-refractivity contribution is 5.75. The Labute approximate surface area is 159 Å². The van der Waals surface area contributed by atoms with Gasteiger partial charge in [0.25, 0.3) is 5.92 Å². The van der Waals surface area contributed by atoms with Crippen molar-refractivity contribution in [1.82, 2.24) is 14.8 Å². The lowest BCUT2D eigenvalue weighted by Crippen LogP contribution is -2.56. The molecule has 0 radical (unpaired) electrons. The second-order valence-electron chi connectivity index (χ2n) is 7.49. The quantitative estimate of drug-likeness (QED) is 0.682. The van der Waals surface area contributed by atoms with Crippen LogP contribution >= 0.6 is 0 Å². The van der Waals surface area contributed by atoms with Gasteiger partial charge in [-0.15, -0.1) is 5.10 Å². The summed E-state index contributed by atoms with van der Waals surface area (Å²) in [7, 11) is 0. The molecule has 2 fully saturated rings. The van der Waals surface area contributed by atoms with Crippen molar-refractivity contribution < 1.29 is 17.9 Å². The summed E-state index contributed by atoms with van der Waals surface area (Å²) in [6.45, 7) is 0.787. The lowest BCUT2D eigenvalue weighted by atomic mass is 9.93. The Bertz CT molecular complexity index is 1020. The van der Waals surface area contributed by atoms with Crippen molar-refractivity contribution in [2.45, 2.75) is 24.7 Å². The molecule has 0 bridgehead atoms. The number of hydrogen-bond acceptors (Lipinski definition) is 4. The van der Waals surface area contributed by atoms with Crippen LogP contribution in [0.5, 0.6) is 0 Å². The maximum absolute atomic E-state index is 14.4. The molecule has 0 amide bonds. The molecule has 0 aliphatic carbocycles. The molecule has 2 saturated heterocycles. The minimum Gasteiger partial charge on any atom is -0.381 e. The molecule has 4 heterocycles. The third kappa shape index (κ3) is 3.11. The molecule has 2 aliphatic heterocycles. The Morgan fingerprint density at radius 1 is 1.11 bits per heavy atom. The van der Waals surface area contributed by atoms with Crippen LogP contribution < -0.4 is 4.90 Å². The molecule has 146 valence electrons. The molecule has 8 heteroatoms. The third-order valence-electron chi connectivity index (χ3n) is 5.46. The van der Waals surface area contributed by atoms with E-state index >= 15 is 0 Å². The summed E-state index contributed by atoms with van der Waals surface area (Å²) >= 11 is 0. The molecule has 2 aromatic heterocycles. The van der Waals surface area contributed by atoms with Crippen LogP contribution in [-0.4, -0.2) is 47.0 Å². The van der Waals surface area contributed by atoms with E-state index in [2.05, 4.69) is 10.1 Å². The second kappa shape index (κ2) is 6.48. The second-order valence-corrected chi connectivity index (χ2v) is 7.49. The molecule has 0 N–H and O–H groups in total. The number of pyridine rings is 1. The summed E-state index contributed by atoms with van der Waals surface area (Å²) in [6.07, 6.45) is 5.47. The number of rotatable bonds is 3. The summed E-state index contributed by atoms with van der Waals surface area (Å²) < 4.78 is 47.6. The van der Waals surface area contributed by atoms with Crippen molar-refractivity contribution in [2.24, 2.45) is 0 Å². The first kappa shape index (κ1) is 17.5. The molecule has 0 atom stereocenters. The fraction of sp³-hybridized carbons (Fsp3) is 0.400. The van der Waals surface area contributed by atoms with Gasteiger partial charge >= 0.3 is 0 Å². The average molecular weight is 388 g/mol. The maximum atomic E-state index is 14.4. The molecule has 28 heavy (non-hydrogen) atoms. The Kier molecular flexibility index (Phi) is 4.04. The van der Waals surface area contributed by atoms with E-state index in [1.807, 2.05) is 12.3 Å². The molecule has 5 rings (SSSR count). The number of aromatic nitrogens is 3. The fourth-order valence-electron chi connectivity index (χ4n) is 3.88. The van der Waals surface area contributed by atoms with Crippen molar-refractivity contribution in [1.29, 1.82) is 0 Å². The molecule has 3 aromatic rings. The van der Waals surface area contributed by atoms with Crippen molar-refractivity contribution in [2.75, 3.05) is 31.2 Å². The van der Waals surface area contributed by atoms with Gasteiger partial charge in [-0.3, -0.25) is 0 Å². The number of ether oxygens (including phenoxy) is 1. The molecule has 0 spiro atoms. The highest BCUT2D eigenvalue weighted by Gasteiger charge is 2.44. The van der Waals surface area contributed by atoms with Gasteiger partial charge < -0.3 is 9.64 Å². The van der Waals surface area contributed by atoms with Crippen LogP contribution in [0.15, 0.2) is 36.7 Å². The Morgan fingerprint density at radius 2 is 1.89 bits per heavy atom. The molecule has 0 unspecified atom stereocenters. The first-order valence-electron chi connectivity index (χ1n) is 9.34. The molecule has 0 saturated carbocycles. The summed E-state index contributed by atoms with van der Waals surface area (Å²) in [5, 5.41) is 5.20. The zero-order valence-corrected chi connectivity index (χ0v) is 15.1. The van der Waals surface area contributed by atoms with Gasteiger partial charge in [-0.2, -0.15) is 0 Å². The predicted molar refractivity (Wildman–Crippen MR) is 98.8 cm³/mol. The van der Waals surface area contributed by atoms with Crippen LogP contribution in [-0.2, 0) is 4.74 Å². The number of fused-ring (bicyclic) bond motifs is 1. The van der Waals surface area contributed by atoms with E-state index in [-0.39, 0.29) is 18.8 Å². The largest absolute Gasteiger partial charge is 0.381 e. The molecule has 1 aromatic carbocycles.